The maximum atomic E-state index is 12.0. The summed E-state index contributed by atoms with van der Waals surface area (Å²) in [7, 11) is 1.39. The third kappa shape index (κ3) is 6.62. The molecule has 0 fully saturated rings. The van der Waals surface area contributed by atoms with Crippen molar-refractivity contribution in [3.63, 3.8) is 0 Å². The zero-order valence-electron chi connectivity index (χ0n) is 16.3. The number of hydrogen-bond donors (Lipinski definition) is 0. The van der Waals surface area contributed by atoms with Crippen molar-refractivity contribution < 1.29 is 9.53 Å². The molecular weight excluding hydrogens is 356 g/mol. The fourth-order valence-electron chi connectivity index (χ4n) is 2.50. The number of esters is 1. The molecule has 0 amide bonds. The van der Waals surface area contributed by atoms with Gasteiger partial charge in [0.25, 0.3) is 0 Å². The molecule has 2 aromatic carbocycles. The minimum absolute atomic E-state index is 0.119. The van der Waals surface area contributed by atoms with Crippen molar-refractivity contribution in [2.45, 2.75) is 32.6 Å². The highest BCUT2D eigenvalue weighted by Crippen LogP contribution is 2.22. The number of hydrogen-bond acceptors (Lipinski definition) is 2. The van der Waals surface area contributed by atoms with Gasteiger partial charge < -0.3 is 4.74 Å². The van der Waals surface area contributed by atoms with E-state index in [0.29, 0.717) is 11.4 Å². The summed E-state index contributed by atoms with van der Waals surface area (Å²) in [4.78, 5) is 12.0. The first kappa shape index (κ1) is 20.8. The van der Waals surface area contributed by atoms with E-state index >= 15 is 0 Å². The fraction of sp³-hybridized carbons (Fsp3) is 0.292. The van der Waals surface area contributed by atoms with Crippen LogP contribution < -0.4 is 0 Å². The molecule has 0 aliphatic heterocycles. The molecule has 140 valence electrons. The third-order valence-electron chi connectivity index (χ3n) is 4.20. The molecule has 2 rings (SSSR count). The predicted octanol–water partition coefficient (Wildman–Crippen LogP) is 5.88. The van der Waals surface area contributed by atoms with Gasteiger partial charge in [-0.05, 0) is 40.8 Å². The average molecular weight is 381 g/mol. The largest absolute Gasteiger partial charge is 0.469 e. The second kappa shape index (κ2) is 9.44. The minimum atomic E-state index is -0.410. The Morgan fingerprint density at radius 2 is 1.74 bits per heavy atom. The van der Waals surface area contributed by atoms with E-state index < -0.39 is 5.92 Å². The van der Waals surface area contributed by atoms with Gasteiger partial charge in [-0.2, -0.15) is 0 Å². The lowest BCUT2D eigenvalue weighted by Gasteiger charge is -2.18. The second-order valence-corrected chi connectivity index (χ2v) is 7.81. The van der Waals surface area contributed by atoms with Crippen LogP contribution in [-0.4, -0.2) is 13.1 Å². The molecule has 1 atom stereocenters. The van der Waals surface area contributed by atoms with Gasteiger partial charge in [-0.15, -0.1) is 0 Å². The van der Waals surface area contributed by atoms with E-state index in [4.69, 9.17) is 16.3 Å². The van der Waals surface area contributed by atoms with Crippen molar-refractivity contribution in [3.05, 3.63) is 76.3 Å². The lowest BCUT2D eigenvalue weighted by molar-refractivity contribution is -0.143. The molecule has 0 aliphatic rings. The van der Waals surface area contributed by atoms with E-state index in [9.17, 15) is 4.79 Å². The molecule has 2 aromatic rings. The van der Waals surface area contributed by atoms with E-state index in [1.807, 2.05) is 48.6 Å². The first-order chi connectivity index (χ1) is 12.8. The molecule has 0 heterocycles. The smallest absolute Gasteiger partial charge is 0.313 e. The van der Waals surface area contributed by atoms with Crippen LogP contribution in [0.15, 0.2) is 54.6 Å². The van der Waals surface area contributed by atoms with Crippen LogP contribution in [-0.2, 0) is 14.9 Å². The monoisotopic (exact) mass is 380 g/mol. The summed E-state index contributed by atoms with van der Waals surface area (Å²) in [5.74, 6) is 5.52. The normalized spacial score (nSPS) is 12.3. The molecule has 2 nitrogen and oxygen atoms in total. The van der Waals surface area contributed by atoms with Crippen molar-refractivity contribution in [2.24, 2.45) is 5.92 Å². The van der Waals surface area contributed by atoms with Crippen molar-refractivity contribution in [3.8, 4) is 11.8 Å². The van der Waals surface area contributed by atoms with Gasteiger partial charge in [0, 0.05) is 17.0 Å². The number of halogens is 1. The first-order valence-electron chi connectivity index (χ1n) is 8.90. The topological polar surface area (TPSA) is 26.3 Å². The maximum Gasteiger partial charge on any atom is 0.313 e. The second-order valence-electron chi connectivity index (χ2n) is 7.37. The molecule has 0 spiro atoms. The summed E-state index contributed by atoms with van der Waals surface area (Å²) < 4.78 is 4.90. The Morgan fingerprint density at radius 3 is 2.30 bits per heavy atom. The van der Waals surface area contributed by atoms with Crippen molar-refractivity contribution >= 4 is 23.6 Å². The third-order valence-corrected chi connectivity index (χ3v) is 4.45. The van der Waals surface area contributed by atoms with Gasteiger partial charge in [0.2, 0.25) is 0 Å². The Morgan fingerprint density at radius 1 is 1.11 bits per heavy atom. The van der Waals surface area contributed by atoms with Gasteiger partial charge >= 0.3 is 5.97 Å². The molecule has 0 bridgehead atoms. The molecule has 0 aromatic heterocycles. The van der Waals surface area contributed by atoms with Crippen LogP contribution in [0.3, 0.4) is 0 Å². The Kier molecular flexibility index (Phi) is 7.28. The summed E-state index contributed by atoms with van der Waals surface area (Å²) >= 11 is 5.89. The number of ether oxygens (including phenoxy) is 1. The lowest BCUT2D eigenvalue weighted by atomic mass is 9.87. The maximum absolute atomic E-state index is 12.0. The summed E-state index contributed by atoms with van der Waals surface area (Å²) in [6.45, 7) is 6.55. The number of benzene rings is 2. The van der Waals surface area contributed by atoms with Gasteiger partial charge in [-0.25, -0.2) is 0 Å². The Hall–Kier alpha value is -2.50. The highest BCUT2D eigenvalue weighted by Gasteiger charge is 2.14. The van der Waals surface area contributed by atoms with E-state index in [1.165, 1.54) is 12.7 Å². The van der Waals surface area contributed by atoms with Crippen LogP contribution in [0.1, 0.15) is 43.9 Å². The van der Waals surface area contributed by atoms with Gasteiger partial charge in [-0.1, -0.05) is 80.6 Å². The average Bonchev–Trinajstić information content (AvgIpc) is 2.65. The van der Waals surface area contributed by atoms with E-state index in [2.05, 4.69) is 44.7 Å². The minimum Gasteiger partial charge on any atom is -0.469 e. The molecule has 0 radical (unpaired) electrons. The van der Waals surface area contributed by atoms with E-state index in [0.717, 1.165) is 11.1 Å². The standard InChI is InChI=1S/C24H25ClO2/c1-24(2,3)21-14-9-18(10-15-21)6-5-7-20(23(26)27-4)13-8-19-11-16-22(25)17-12-19/h8-17,20H,7H2,1-4H3/b13-8+. The fourth-order valence-corrected chi connectivity index (χ4v) is 2.63. The first-order valence-corrected chi connectivity index (χ1v) is 9.28. The van der Waals surface area contributed by atoms with Crippen LogP contribution >= 0.6 is 11.6 Å². The van der Waals surface area contributed by atoms with Crippen molar-refractivity contribution in [1.29, 1.82) is 0 Å². The number of methoxy groups -OCH3 is 1. The quantitative estimate of drug-likeness (QED) is 0.489. The van der Waals surface area contributed by atoms with Crippen LogP contribution in [0.2, 0.25) is 5.02 Å². The molecule has 27 heavy (non-hydrogen) atoms. The van der Waals surface area contributed by atoms with Crippen LogP contribution in [0, 0.1) is 17.8 Å². The zero-order valence-corrected chi connectivity index (χ0v) is 17.0. The highest BCUT2D eigenvalue weighted by atomic mass is 35.5. The molecule has 0 aliphatic carbocycles. The summed E-state index contributed by atoms with van der Waals surface area (Å²) in [5, 5.41) is 0.681. The van der Waals surface area contributed by atoms with Crippen LogP contribution in [0.4, 0.5) is 0 Å². The highest BCUT2D eigenvalue weighted by molar-refractivity contribution is 6.30. The van der Waals surface area contributed by atoms with Crippen molar-refractivity contribution in [1.82, 2.24) is 0 Å². The van der Waals surface area contributed by atoms with Gasteiger partial charge in [0.05, 0.1) is 13.0 Å². The van der Waals surface area contributed by atoms with Gasteiger partial charge in [0.15, 0.2) is 0 Å². The predicted molar refractivity (Wildman–Crippen MR) is 113 cm³/mol. The van der Waals surface area contributed by atoms with Gasteiger partial charge in [0.1, 0.15) is 0 Å². The molecule has 0 N–H and O–H groups in total. The van der Waals surface area contributed by atoms with Gasteiger partial charge in [-0.3, -0.25) is 4.79 Å². The number of rotatable bonds is 4. The molecular formula is C24H25ClO2. The molecule has 3 heteroatoms. The lowest BCUT2D eigenvalue weighted by Crippen LogP contribution is -2.13. The summed E-state index contributed by atoms with van der Waals surface area (Å²) in [6, 6.07) is 15.7. The van der Waals surface area contributed by atoms with E-state index in [-0.39, 0.29) is 11.4 Å². The number of carbonyl (C=O) groups excluding carboxylic acids is 1. The Bertz CT molecular complexity index is 844. The van der Waals surface area contributed by atoms with Crippen molar-refractivity contribution in [2.75, 3.05) is 7.11 Å². The van der Waals surface area contributed by atoms with Crippen LogP contribution in [0.25, 0.3) is 6.08 Å². The molecule has 0 saturated heterocycles. The Labute approximate surface area is 167 Å². The number of carbonyl (C=O) groups is 1. The SMILES string of the molecule is COC(=O)C(/C=C/c1ccc(Cl)cc1)CC#Cc1ccc(C(C)(C)C)cc1. The molecule has 0 saturated carbocycles. The summed E-state index contributed by atoms with van der Waals surface area (Å²) in [5.41, 5.74) is 3.30. The molecule has 1 unspecified atom stereocenters. The Balaban J connectivity index is 2.08. The summed E-state index contributed by atoms with van der Waals surface area (Å²) in [6.07, 6.45) is 4.11. The van der Waals surface area contributed by atoms with Crippen LogP contribution in [0.5, 0.6) is 0 Å². The zero-order chi connectivity index (χ0) is 19.9. The van der Waals surface area contributed by atoms with E-state index in [1.54, 1.807) is 0 Å².